The highest BCUT2D eigenvalue weighted by Gasteiger charge is 2.35. The molecule has 5 nitrogen and oxygen atoms in total. The molecule has 0 aliphatic carbocycles. The van der Waals surface area contributed by atoms with E-state index in [1.165, 1.54) is 0 Å². The molecule has 0 spiro atoms. The maximum atomic E-state index is 10.7. The lowest BCUT2D eigenvalue weighted by molar-refractivity contribution is -0.143. The van der Waals surface area contributed by atoms with Gasteiger partial charge in [0, 0.05) is 19.1 Å². The van der Waals surface area contributed by atoms with Crippen LogP contribution in [0.3, 0.4) is 0 Å². The average molecular weight is 203 g/mol. The number of aliphatic hydroxyl groups excluding tert-OH is 2. The second-order valence-corrected chi connectivity index (χ2v) is 3.96. The molecule has 0 amide bonds. The van der Waals surface area contributed by atoms with Gasteiger partial charge in [-0.25, -0.2) is 0 Å². The topological polar surface area (TPSA) is 81.0 Å². The molecule has 5 heteroatoms. The van der Waals surface area contributed by atoms with Gasteiger partial charge in [-0.05, 0) is 6.92 Å². The van der Waals surface area contributed by atoms with Crippen LogP contribution in [0.25, 0.3) is 0 Å². The van der Waals surface area contributed by atoms with Crippen LogP contribution < -0.4 is 0 Å². The van der Waals surface area contributed by atoms with Crippen molar-refractivity contribution >= 4 is 5.97 Å². The smallest absolute Gasteiger partial charge is 0.307 e. The molecule has 4 unspecified atom stereocenters. The number of hydrogen-bond acceptors (Lipinski definition) is 4. The van der Waals surface area contributed by atoms with Crippen molar-refractivity contribution in [1.82, 2.24) is 4.90 Å². The van der Waals surface area contributed by atoms with Gasteiger partial charge in [0.15, 0.2) is 0 Å². The Morgan fingerprint density at radius 2 is 1.71 bits per heavy atom. The lowest BCUT2D eigenvalue weighted by atomic mass is 10.0. The van der Waals surface area contributed by atoms with Gasteiger partial charge in [-0.15, -0.1) is 0 Å². The Labute approximate surface area is 83.0 Å². The number of aliphatic hydroxyl groups is 2. The molecule has 1 saturated heterocycles. The first-order valence-corrected chi connectivity index (χ1v) is 4.76. The quantitative estimate of drug-likeness (QED) is 0.555. The fraction of sp³-hybridized carbons (Fsp3) is 0.889. The van der Waals surface area contributed by atoms with Gasteiger partial charge in [0.05, 0.1) is 18.1 Å². The summed E-state index contributed by atoms with van der Waals surface area (Å²) in [6.07, 6.45) is -1.50. The van der Waals surface area contributed by atoms with E-state index in [1.54, 1.807) is 18.7 Å². The predicted octanol–water partition coefficient (Wildman–Crippen LogP) is -0.867. The Morgan fingerprint density at radius 1 is 1.29 bits per heavy atom. The minimum atomic E-state index is -0.853. The highest BCUT2D eigenvalue weighted by molar-refractivity contribution is 5.70. The highest BCUT2D eigenvalue weighted by Crippen LogP contribution is 2.18. The van der Waals surface area contributed by atoms with E-state index in [0.29, 0.717) is 13.1 Å². The number of carboxylic acid groups (broad SMARTS) is 1. The molecule has 1 aliphatic heterocycles. The molecule has 82 valence electrons. The lowest BCUT2D eigenvalue weighted by Crippen LogP contribution is -2.39. The van der Waals surface area contributed by atoms with Crippen LogP contribution in [-0.2, 0) is 4.79 Å². The predicted molar refractivity (Wildman–Crippen MR) is 49.8 cm³/mol. The molecule has 1 aliphatic rings. The maximum Gasteiger partial charge on any atom is 0.307 e. The fourth-order valence-corrected chi connectivity index (χ4v) is 1.65. The number of aliphatic carboxylic acids is 1. The SMILES string of the molecule is CC(C(=O)O)C(C)N1CC(O)C(O)C1. The second-order valence-electron chi connectivity index (χ2n) is 3.96. The molecule has 0 aromatic heterocycles. The molecule has 3 N–H and O–H groups in total. The zero-order chi connectivity index (χ0) is 10.9. The van der Waals surface area contributed by atoms with Crippen molar-refractivity contribution in [3.63, 3.8) is 0 Å². The molecule has 4 atom stereocenters. The minimum Gasteiger partial charge on any atom is -0.481 e. The van der Waals surface area contributed by atoms with Crippen molar-refractivity contribution in [3.8, 4) is 0 Å². The van der Waals surface area contributed by atoms with Crippen LogP contribution in [0.1, 0.15) is 13.8 Å². The Morgan fingerprint density at radius 3 is 2.07 bits per heavy atom. The highest BCUT2D eigenvalue weighted by atomic mass is 16.4. The van der Waals surface area contributed by atoms with E-state index < -0.39 is 24.1 Å². The Kier molecular flexibility index (Phi) is 3.47. The van der Waals surface area contributed by atoms with Crippen LogP contribution in [0.15, 0.2) is 0 Å². The van der Waals surface area contributed by atoms with E-state index in [2.05, 4.69) is 0 Å². The van der Waals surface area contributed by atoms with E-state index in [4.69, 9.17) is 5.11 Å². The van der Waals surface area contributed by atoms with Crippen LogP contribution in [0.2, 0.25) is 0 Å². The van der Waals surface area contributed by atoms with Gasteiger partial charge >= 0.3 is 5.97 Å². The van der Waals surface area contributed by atoms with Crippen LogP contribution in [0.4, 0.5) is 0 Å². The van der Waals surface area contributed by atoms with Crippen LogP contribution >= 0.6 is 0 Å². The van der Waals surface area contributed by atoms with Gasteiger partial charge in [0.1, 0.15) is 0 Å². The average Bonchev–Trinajstić information content (AvgIpc) is 2.44. The van der Waals surface area contributed by atoms with Crippen molar-refractivity contribution in [2.45, 2.75) is 32.1 Å². The van der Waals surface area contributed by atoms with E-state index in [0.717, 1.165) is 0 Å². The van der Waals surface area contributed by atoms with Crippen molar-refractivity contribution in [3.05, 3.63) is 0 Å². The summed E-state index contributed by atoms with van der Waals surface area (Å²) < 4.78 is 0. The molecule has 1 heterocycles. The van der Waals surface area contributed by atoms with Crippen molar-refractivity contribution < 1.29 is 20.1 Å². The van der Waals surface area contributed by atoms with Gasteiger partial charge in [0.2, 0.25) is 0 Å². The second kappa shape index (κ2) is 4.25. The van der Waals surface area contributed by atoms with Crippen molar-refractivity contribution in [2.24, 2.45) is 5.92 Å². The van der Waals surface area contributed by atoms with E-state index in [1.807, 2.05) is 0 Å². The number of likely N-dealkylation sites (tertiary alicyclic amines) is 1. The molecular weight excluding hydrogens is 186 g/mol. The van der Waals surface area contributed by atoms with Gasteiger partial charge in [0.25, 0.3) is 0 Å². The summed E-state index contributed by atoms with van der Waals surface area (Å²) in [6.45, 7) is 4.12. The Hall–Kier alpha value is -0.650. The van der Waals surface area contributed by atoms with Crippen LogP contribution in [-0.4, -0.2) is 57.5 Å². The summed E-state index contributed by atoms with van der Waals surface area (Å²) in [7, 11) is 0. The molecule has 0 aromatic rings. The normalized spacial score (nSPS) is 32.9. The largest absolute Gasteiger partial charge is 0.481 e. The third kappa shape index (κ3) is 2.23. The summed E-state index contributed by atoms with van der Waals surface area (Å²) in [5.74, 6) is -1.35. The van der Waals surface area contributed by atoms with Crippen molar-refractivity contribution in [2.75, 3.05) is 13.1 Å². The number of hydrogen-bond donors (Lipinski definition) is 3. The molecule has 1 fully saturated rings. The van der Waals surface area contributed by atoms with Crippen LogP contribution in [0.5, 0.6) is 0 Å². The number of nitrogens with zero attached hydrogens (tertiary/aromatic N) is 1. The Balaban J connectivity index is 2.54. The number of β-amino-alcohol motifs (C(OH)–C–C–N with tert-alkyl or cyclic N) is 2. The molecule has 0 saturated carbocycles. The summed E-state index contributed by atoms with van der Waals surface area (Å²) in [4.78, 5) is 12.5. The number of rotatable bonds is 3. The standard InChI is InChI=1S/C9H17NO4/c1-5(9(13)14)6(2)10-3-7(11)8(12)4-10/h5-8,11-12H,3-4H2,1-2H3,(H,13,14). The zero-order valence-corrected chi connectivity index (χ0v) is 8.42. The van der Waals surface area contributed by atoms with Gasteiger partial charge in [-0.2, -0.15) is 0 Å². The third-order valence-corrected chi connectivity index (χ3v) is 2.98. The van der Waals surface area contributed by atoms with Crippen LogP contribution in [0, 0.1) is 5.92 Å². The minimum absolute atomic E-state index is 0.167. The van der Waals surface area contributed by atoms with Gasteiger partial charge < -0.3 is 15.3 Å². The molecule has 0 bridgehead atoms. The first kappa shape index (κ1) is 11.4. The Bertz CT molecular complexity index is 211. The summed E-state index contributed by atoms with van der Waals surface area (Å²) in [5.41, 5.74) is 0. The number of carboxylic acids is 1. The first-order valence-electron chi connectivity index (χ1n) is 4.76. The lowest BCUT2D eigenvalue weighted by Gasteiger charge is -2.26. The van der Waals surface area contributed by atoms with Gasteiger partial charge in [-0.3, -0.25) is 9.69 Å². The molecule has 0 aromatic carbocycles. The molecule has 0 radical (unpaired) electrons. The molecule has 1 rings (SSSR count). The first-order chi connectivity index (χ1) is 6.43. The molecule has 14 heavy (non-hydrogen) atoms. The maximum absolute atomic E-state index is 10.7. The van der Waals surface area contributed by atoms with Crippen molar-refractivity contribution in [1.29, 1.82) is 0 Å². The third-order valence-electron chi connectivity index (χ3n) is 2.98. The zero-order valence-electron chi connectivity index (χ0n) is 8.42. The van der Waals surface area contributed by atoms with Gasteiger partial charge in [-0.1, -0.05) is 6.92 Å². The summed E-state index contributed by atoms with van der Waals surface area (Å²) in [6, 6.07) is -0.167. The fourth-order valence-electron chi connectivity index (χ4n) is 1.65. The summed E-state index contributed by atoms with van der Waals surface area (Å²) >= 11 is 0. The molecular formula is C9H17NO4. The van der Waals surface area contributed by atoms with E-state index in [9.17, 15) is 15.0 Å². The monoisotopic (exact) mass is 203 g/mol. The summed E-state index contributed by atoms with van der Waals surface area (Å²) in [5, 5.41) is 27.4. The van der Waals surface area contributed by atoms with E-state index in [-0.39, 0.29) is 6.04 Å². The van der Waals surface area contributed by atoms with E-state index >= 15 is 0 Å². The number of carbonyl (C=O) groups is 1.